The van der Waals surface area contributed by atoms with E-state index in [0.717, 1.165) is 17.1 Å². The van der Waals surface area contributed by atoms with Crippen molar-refractivity contribution in [2.24, 2.45) is 0 Å². The van der Waals surface area contributed by atoms with E-state index in [1.54, 1.807) is 7.11 Å². The summed E-state index contributed by atoms with van der Waals surface area (Å²) in [6, 6.07) is 14.8. The van der Waals surface area contributed by atoms with Crippen molar-refractivity contribution in [2.75, 3.05) is 26.8 Å². The fraction of sp³-hybridized carbons (Fsp3) is 0.350. The Bertz CT molecular complexity index is 700. The molecule has 0 unspecified atom stereocenters. The van der Waals surface area contributed by atoms with Crippen molar-refractivity contribution in [3.8, 4) is 11.5 Å². The molecular weight excluding hydrogens is 352 g/mol. The number of nitrogens with one attached hydrogen (secondary N) is 2. The molecule has 0 aliphatic rings. The third-order valence-electron chi connectivity index (χ3n) is 4.03. The van der Waals surface area contributed by atoms with Gasteiger partial charge in [0.1, 0.15) is 18.1 Å². The predicted molar refractivity (Wildman–Crippen MR) is 104 cm³/mol. The lowest BCUT2D eigenvalue weighted by atomic mass is 9.85. The van der Waals surface area contributed by atoms with Gasteiger partial charge in [0.15, 0.2) is 0 Å². The summed E-state index contributed by atoms with van der Waals surface area (Å²) in [4.78, 5) is 12.0. The molecule has 0 atom stereocenters. The first-order valence-electron chi connectivity index (χ1n) is 8.45. The Hall–Kier alpha value is -2.40. The lowest BCUT2D eigenvalue weighted by Gasteiger charge is -2.25. The van der Waals surface area contributed by atoms with Crippen LogP contribution in [0.25, 0.3) is 0 Å². The molecule has 0 spiro atoms. The summed E-state index contributed by atoms with van der Waals surface area (Å²) in [6.07, 6.45) is 0. The minimum absolute atomic E-state index is 0.193. The molecule has 26 heavy (non-hydrogen) atoms. The van der Waals surface area contributed by atoms with E-state index in [0.29, 0.717) is 24.7 Å². The van der Waals surface area contributed by atoms with Crippen LogP contribution >= 0.6 is 11.6 Å². The van der Waals surface area contributed by atoms with Gasteiger partial charge < -0.3 is 20.1 Å². The number of ether oxygens (including phenoxy) is 2. The largest absolute Gasteiger partial charge is 0.497 e. The van der Waals surface area contributed by atoms with Crippen molar-refractivity contribution >= 4 is 17.6 Å². The number of halogens is 1. The number of carbonyl (C=O) groups is 1. The van der Waals surface area contributed by atoms with E-state index in [4.69, 9.17) is 21.1 Å². The molecule has 0 aliphatic carbocycles. The van der Waals surface area contributed by atoms with Gasteiger partial charge in [0, 0.05) is 17.0 Å². The van der Waals surface area contributed by atoms with Gasteiger partial charge in [0.25, 0.3) is 0 Å². The first kappa shape index (κ1) is 19.9. The molecule has 140 valence electrons. The van der Waals surface area contributed by atoms with Crippen LogP contribution < -0.4 is 20.1 Å². The summed E-state index contributed by atoms with van der Waals surface area (Å²) < 4.78 is 10.7. The van der Waals surface area contributed by atoms with Crippen LogP contribution in [0.1, 0.15) is 19.4 Å². The Balaban J connectivity index is 1.68. The Morgan fingerprint density at radius 3 is 2.23 bits per heavy atom. The molecule has 0 fully saturated rings. The van der Waals surface area contributed by atoms with Gasteiger partial charge in [0.2, 0.25) is 0 Å². The average Bonchev–Trinajstić information content (AvgIpc) is 2.64. The molecular formula is C20H25ClN2O3. The van der Waals surface area contributed by atoms with Gasteiger partial charge in [-0.2, -0.15) is 0 Å². The maximum Gasteiger partial charge on any atom is 0.314 e. The monoisotopic (exact) mass is 376 g/mol. The molecule has 2 aromatic rings. The Morgan fingerprint density at radius 1 is 1.00 bits per heavy atom. The summed E-state index contributed by atoms with van der Waals surface area (Å²) in [5, 5.41) is 6.38. The zero-order valence-corrected chi connectivity index (χ0v) is 16.1. The van der Waals surface area contributed by atoms with Crippen LogP contribution in [0.5, 0.6) is 11.5 Å². The highest BCUT2D eigenvalue weighted by Gasteiger charge is 2.21. The van der Waals surface area contributed by atoms with E-state index in [1.807, 2.05) is 48.5 Å². The molecule has 0 saturated heterocycles. The number of urea groups is 1. The van der Waals surface area contributed by atoms with Crippen LogP contribution in [0.15, 0.2) is 48.5 Å². The highest BCUT2D eigenvalue weighted by molar-refractivity contribution is 6.30. The van der Waals surface area contributed by atoms with Crippen molar-refractivity contribution < 1.29 is 14.3 Å². The van der Waals surface area contributed by atoms with Gasteiger partial charge >= 0.3 is 6.03 Å². The van der Waals surface area contributed by atoms with Crippen molar-refractivity contribution in [1.82, 2.24) is 10.6 Å². The quantitative estimate of drug-likeness (QED) is 0.684. The molecule has 0 aromatic heterocycles. The third kappa shape index (κ3) is 6.15. The number of hydrogen-bond donors (Lipinski definition) is 2. The van der Waals surface area contributed by atoms with Crippen molar-refractivity contribution in [1.29, 1.82) is 0 Å². The van der Waals surface area contributed by atoms with Crippen LogP contribution in [0.4, 0.5) is 4.79 Å². The van der Waals surface area contributed by atoms with Gasteiger partial charge in [-0.25, -0.2) is 4.79 Å². The van der Waals surface area contributed by atoms with Gasteiger partial charge in [-0.15, -0.1) is 0 Å². The molecule has 0 radical (unpaired) electrons. The second kappa shape index (κ2) is 9.34. The van der Waals surface area contributed by atoms with Gasteiger partial charge in [-0.1, -0.05) is 37.6 Å². The second-order valence-electron chi connectivity index (χ2n) is 6.52. The molecule has 2 amide bonds. The standard InChI is InChI=1S/C20H25ClN2O3/c1-20(2,15-4-6-16(21)7-5-15)14-23-19(24)22-12-13-26-18-10-8-17(25-3)9-11-18/h4-11H,12-14H2,1-3H3,(H2,22,23,24). The Kier molecular flexibility index (Phi) is 7.16. The number of rotatable bonds is 8. The molecule has 2 rings (SSSR count). The summed E-state index contributed by atoms with van der Waals surface area (Å²) in [6.45, 7) is 5.46. The molecule has 0 heterocycles. The van der Waals surface area contributed by atoms with E-state index in [2.05, 4.69) is 24.5 Å². The van der Waals surface area contributed by atoms with E-state index >= 15 is 0 Å². The zero-order valence-electron chi connectivity index (χ0n) is 15.3. The Morgan fingerprint density at radius 2 is 1.62 bits per heavy atom. The summed E-state index contributed by atoms with van der Waals surface area (Å²) >= 11 is 5.92. The van der Waals surface area contributed by atoms with Crippen LogP contribution in [0, 0.1) is 0 Å². The van der Waals surface area contributed by atoms with Crippen LogP contribution in [0.3, 0.4) is 0 Å². The molecule has 0 saturated carbocycles. The first-order valence-corrected chi connectivity index (χ1v) is 8.83. The number of methoxy groups -OCH3 is 1. The van der Waals surface area contributed by atoms with Crippen molar-refractivity contribution in [3.05, 3.63) is 59.1 Å². The normalized spacial score (nSPS) is 10.9. The SMILES string of the molecule is COc1ccc(OCCNC(=O)NCC(C)(C)c2ccc(Cl)cc2)cc1. The minimum Gasteiger partial charge on any atom is -0.497 e. The maximum atomic E-state index is 12.0. The lowest BCUT2D eigenvalue weighted by molar-refractivity contribution is 0.234. The number of amides is 2. The smallest absolute Gasteiger partial charge is 0.314 e. The van der Waals surface area contributed by atoms with E-state index < -0.39 is 0 Å². The van der Waals surface area contributed by atoms with Crippen LogP contribution in [-0.4, -0.2) is 32.8 Å². The van der Waals surface area contributed by atoms with Gasteiger partial charge in [-0.3, -0.25) is 0 Å². The maximum absolute atomic E-state index is 12.0. The number of carbonyl (C=O) groups excluding carboxylic acids is 1. The zero-order chi connectivity index (χ0) is 19.0. The summed E-state index contributed by atoms with van der Waals surface area (Å²) in [7, 11) is 1.62. The number of benzene rings is 2. The predicted octanol–water partition coefficient (Wildman–Crippen LogP) is 4.00. The van der Waals surface area contributed by atoms with Gasteiger partial charge in [0.05, 0.1) is 13.7 Å². The van der Waals surface area contributed by atoms with E-state index in [1.165, 1.54) is 0 Å². The lowest BCUT2D eigenvalue weighted by Crippen LogP contribution is -2.43. The van der Waals surface area contributed by atoms with Crippen LogP contribution in [-0.2, 0) is 5.41 Å². The van der Waals surface area contributed by atoms with E-state index in [-0.39, 0.29) is 11.4 Å². The van der Waals surface area contributed by atoms with Crippen molar-refractivity contribution in [3.63, 3.8) is 0 Å². The highest BCUT2D eigenvalue weighted by atomic mass is 35.5. The van der Waals surface area contributed by atoms with E-state index in [9.17, 15) is 4.79 Å². The third-order valence-corrected chi connectivity index (χ3v) is 4.28. The molecule has 2 N–H and O–H groups in total. The molecule has 0 bridgehead atoms. The average molecular weight is 377 g/mol. The molecule has 6 heteroatoms. The fourth-order valence-corrected chi connectivity index (χ4v) is 2.50. The highest BCUT2D eigenvalue weighted by Crippen LogP contribution is 2.23. The Labute approximate surface area is 159 Å². The topological polar surface area (TPSA) is 59.6 Å². The number of hydrogen-bond acceptors (Lipinski definition) is 3. The van der Waals surface area contributed by atoms with Crippen LogP contribution in [0.2, 0.25) is 5.02 Å². The van der Waals surface area contributed by atoms with Crippen molar-refractivity contribution in [2.45, 2.75) is 19.3 Å². The minimum atomic E-state index is -0.217. The summed E-state index contributed by atoms with van der Waals surface area (Å²) in [5.74, 6) is 1.51. The fourth-order valence-electron chi connectivity index (χ4n) is 2.37. The molecule has 2 aromatic carbocycles. The molecule has 0 aliphatic heterocycles. The van der Waals surface area contributed by atoms with Gasteiger partial charge in [-0.05, 0) is 42.0 Å². The second-order valence-corrected chi connectivity index (χ2v) is 6.96. The first-order chi connectivity index (χ1) is 12.4. The summed E-state index contributed by atoms with van der Waals surface area (Å²) in [5.41, 5.74) is 0.923. The molecule has 5 nitrogen and oxygen atoms in total.